The molecule has 1 heterocycles. The monoisotopic (exact) mass is 370 g/mol. The van der Waals surface area contributed by atoms with Crippen molar-refractivity contribution < 1.29 is 4.79 Å². The standard InChI is InChI=1S/C20H26N4OS/c1-14-7-3-5-9-16(14)11-12-18-22-20(24-23-18)26-13-19(25)21-17-10-6-4-8-15(17)2/h3,5,7,9,11-12,15,17H,4,6,8,10,13H2,1-2H3,(H,21,25)(H,22,23,24)/b12-11+/t15-,17-/m0/s1. The third-order valence-corrected chi connectivity index (χ3v) is 5.73. The molecule has 1 aromatic carbocycles. The lowest BCUT2D eigenvalue weighted by Gasteiger charge is -2.29. The number of nitrogens with one attached hydrogen (secondary N) is 2. The number of rotatable bonds is 6. The average molecular weight is 371 g/mol. The van der Waals surface area contributed by atoms with Gasteiger partial charge in [0.1, 0.15) is 5.82 Å². The highest BCUT2D eigenvalue weighted by Gasteiger charge is 2.22. The number of hydrogen-bond acceptors (Lipinski definition) is 4. The summed E-state index contributed by atoms with van der Waals surface area (Å²) in [6.45, 7) is 4.30. The molecule has 0 aliphatic heterocycles. The van der Waals surface area contributed by atoms with Gasteiger partial charge in [-0.15, -0.1) is 5.10 Å². The SMILES string of the molecule is Cc1ccccc1/C=C/c1nc(SCC(=O)N[C@H]2CCCC[C@@H]2C)n[nH]1. The summed E-state index contributed by atoms with van der Waals surface area (Å²) in [7, 11) is 0. The lowest BCUT2D eigenvalue weighted by atomic mass is 9.86. The summed E-state index contributed by atoms with van der Waals surface area (Å²) in [6, 6.07) is 8.49. The Morgan fingerprint density at radius 1 is 1.31 bits per heavy atom. The minimum atomic E-state index is 0.0653. The fourth-order valence-electron chi connectivity index (χ4n) is 3.25. The average Bonchev–Trinajstić information content (AvgIpc) is 3.09. The summed E-state index contributed by atoms with van der Waals surface area (Å²) < 4.78 is 0. The number of benzene rings is 1. The third-order valence-electron chi connectivity index (χ3n) is 4.88. The summed E-state index contributed by atoms with van der Waals surface area (Å²) in [4.78, 5) is 16.6. The molecule has 0 saturated heterocycles. The normalized spacial score (nSPS) is 20.4. The van der Waals surface area contributed by atoms with Crippen LogP contribution in [-0.2, 0) is 4.79 Å². The molecule has 0 radical (unpaired) electrons. The number of carbonyl (C=O) groups excluding carboxylic acids is 1. The maximum absolute atomic E-state index is 12.2. The molecule has 0 bridgehead atoms. The second-order valence-corrected chi connectivity index (χ2v) is 7.86. The fraction of sp³-hybridized carbons (Fsp3) is 0.450. The molecule has 3 rings (SSSR count). The van der Waals surface area contributed by atoms with Gasteiger partial charge in [0.15, 0.2) is 0 Å². The van der Waals surface area contributed by atoms with Crippen molar-refractivity contribution >= 4 is 29.8 Å². The summed E-state index contributed by atoms with van der Waals surface area (Å²) in [5.41, 5.74) is 2.37. The molecule has 5 nitrogen and oxygen atoms in total. The topological polar surface area (TPSA) is 70.7 Å². The Kier molecular flexibility index (Phi) is 6.50. The van der Waals surface area contributed by atoms with E-state index in [0.29, 0.717) is 28.7 Å². The van der Waals surface area contributed by atoms with Crippen molar-refractivity contribution in [2.75, 3.05) is 5.75 Å². The Morgan fingerprint density at radius 2 is 2.12 bits per heavy atom. The first kappa shape index (κ1) is 18.7. The van der Waals surface area contributed by atoms with Gasteiger partial charge in [-0.1, -0.05) is 61.9 Å². The molecule has 6 heteroatoms. The van der Waals surface area contributed by atoms with Gasteiger partial charge in [-0.25, -0.2) is 4.98 Å². The van der Waals surface area contributed by atoms with Gasteiger partial charge in [0, 0.05) is 6.04 Å². The minimum absolute atomic E-state index is 0.0653. The largest absolute Gasteiger partial charge is 0.352 e. The van der Waals surface area contributed by atoms with Gasteiger partial charge in [0.05, 0.1) is 5.75 Å². The molecule has 0 spiro atoms. The van der Waals surface area contributed by atoms with E-state index in [1.165, 1.54) is 36.6 Å². The van der Waals surface area contributed by atoms with Crippen LogP contribution >= 0.6 is 11.8 Å². The Labute approximate surface area is 159 Å². The number of nitrogens with zero attached hydrogens (tertiary/aromatic N) is 2. The van der Waals surface area contributed by atoms with Crippen molar-refractivity contribution in [3.8, 4) is 0 Å². The predicted molar refractivity (Wildman–Crippen MR) is 107 cm³/mol. The maximum Gasteiger partial charge on any atom is 0.230 e. The molecule has 2 N–H and O–H groups in total. The van der Waals surface area contributed by atoms with E-state index in [0.717, 1.165) is 12.0 Å². The van der Waals surface area contributed by atoms with Crippen LogP contribution in [0.15, 0.2) is 29.4 Å². The molecule has 138 valence electrons. The quantitative estimate of drug-likeness (QED) is 0.752. The Bertz CT molecular complexity index is 771. The van der Waals surface area contributed by atoms with Crippen LogP contribution in [0.2, 0.25) is 0 Å². The van der Waals surface area contributed by atoms with Crippen LogP contribution < -0.4 is 5.32 Å². The van der Waals surface area contributed by atoms with E-state index in [2.05, 4.69) is 46.5 Å². The summed E-state index contributed by atoms with van der Waals surface area (Å²) >= 11 is 1.36. The van der Waals surface area contributed by atoms with Gasteiger partial charge < -0.3 is 5.32 Å². The lowest BCUT2D eigenvalue weighted by Crippen LogP contribution is -2.41. The number of thioether (sulfide) groups is 1. The van der Waals surface area contributed by atoms with E-state index >= 15 is 0 Å². The van der Waals surface area contributed by atoms with Crippen molar-refractivity contribution in [2.45, 2.75) is 50.7 Å². The van der Waals surface area contributed by atoms with Crippen LogP contribution in [0.4, 0.5) is 0 Å². The van der Waals surface area contributed by atoms with Crippen molar-refractivity contribution in [1.82, 2.24) is 20.5 Å². The number of hydrogen-bond donors (Lipinski definition) is 2. The summed E-state index contributed by atoms with van der Waals surface area (Å²) in [5.74, 6) is 1.68. The number of carbonyl (C=O) groups is 1. The number of aromatic amines is 1. The zero-order chi connectivity index (χ0) is 18.4. The highest BCUT2D eigenvalue weighted by Crippen LogP contribution is 2.24. The first-order valence-corrected chi connectivity index (χ1v) is 10.2. The van der Waals surface area contributed by atoms with Gasteiger partial charge in [0.2, 0.25) is 11.1 Å². The summed E-state index contributed by atoms with van der Waals surface area (Å²) in [5, 5.41) is 10.8. The van der Waals surface area contributed by atoms with Crippen LogP contribution in [-0.4, -0.2) is 32.9 Å². The van der Waals surface area contributed by atoms with Crippen LogP contribution in [0.1, 0.15) is 49.6 Å². The first-order chi connectivity index (χ1) is 12.6. The van der Waals surface area contributed by atoms with Crippen molar-refractivity contribution in [1.29, 1.82) is 0 Å². The third kappa shape index (κ3) is 5.21. The second kappa shape index (κ2) is 9.03. The van der Waals surface area contributed by atoms with E-state index in [1.807, 2.05) is 24.3 Å². The molecule has 26 heavy (non-hydrogen) atoms. The van der Waals surface area contributed by atoms with Crippen LogP contribution in [0, 0.1) is 12.8 Å². The zero-order valence-corrected chi connectivity index (χ0v) is 16.2. The van der Waals surface area contributed by atoms with Crippen LogP contribution in [0.5, 0.6) is 0 Å². The van der Waals surface area contributed by atoms with Crippen molar-refractivity contribution in [3.05, 3.63) is 41.2 Å². The second-order valence-electron chi connectivity index (χ2n) is 6.92. The van der Waals surface area contributed by atoms with Crippen LogP contribution in [0.3, 0.4) is 0 Å². The molecule has 2 atom stereocenters. The molecule has 1 aliphatic rings. The first-order valence-electron chi connectivity index (χ1n) is 9.20. The highest BCUT2D eigenvalue weighted by atomic mass is 32.2. The van der Waals surface area contributed by atoms with E-state index in [4.69, 9.17) is 0 Å². The lowest BCUT2D eigenvalue weighted by molar-refractivity contribution is -0.119. The zero-order valence-electron chi connectivity index (χ0n) is 15.4. The van der Waals surface area contributed by atoms with Gasteiger partial charge in [-0.05, 0) is 42.9 Å². The fourth-order valence-corrected chi connectivity index (χ4v) is 3.87. The number of aryl methyl sites for hydroxylation is 1. The maximum atomic E-state index is 12.2. The molecule has 1 amide bonds. The molecule has 2 aromatic rings. The Balaban J connectivity index is 1.49. The highest BCUT2D eigenvalue weighted by molar-refractivity contribution is 7.99. The van der Waals surface area contributed by atoms with Gasteiger partial charge in [0.25, 0.3) is 0 Å². The van der Waals surface area contributed by atoms with Gasteiger partial charge in [-0.2, -0.15) is 0 Å². The van der Waals surface area contributed by atoms with E-state index < -0.39 is 0 Å². The predicted octanol–water partition coefficient (Wildman–Crippen LogP) is 4.07. The van der Waals surface area contributed by atoms with Crippen molar-refractivity contribution in [3.63, 3.8) is 0 Å². The Hall–Kier alpha value is -2.08. The molecule has 1 aromatic heterocycles. The van der Waals surface area contributed by atoms with E-state index in [1.54, 1.807) is 0 Å². The smallest absolute Gasteiger partial charge is 0.230 e. The minimum Gasteiger partial charge on any atom is -0.352 e. The molecular weight excluding hydrogens is 344 g/mol. The number of amides is 1. The van der Waals surface area contributed by atoms with Crippen molar-refractivity contribution in [2.24, 2.45) is 5.92 Å². The van der Waals surface area contributed by atoms with Gasteiger partial charge >= 0.3 is 0 Å². The molecular formula is C20H26N4OS. The molecule has 1 aliphatic carbocycles. The van der Waals surface area contributed by atoms with Crippen LogP contribution in [0.25, 0.3) is 12.2 Å². The number of H-pyrrole nitrogens is 1. The molecule has 0 unspecified atom stereocenters. The van der Waals surface area contributed by atoms with E-state index in [9.17, 15) is 4.79 Å². The van der Waals surface area contributed by atoms with E-state index in [-0.39, 0.29) is 5.91 Å². The Morgan fingerprint density at radius 3 is 2.92 bits per heavy atom. The molecule has 1 saturated carbocycles. The van der Waals surface area contributed by atoms with Gasteiger partial charge in [-0.3, -0.25) is 9.89 Å². The number of aromatic nitrogens is 3. The summed E-state index contributed by atoms with van der Waals surface area (Å²) in [6.07, 6.45) is 8.70. The molecule has 1 fully saturated rings.